The van der Waals surface area contributed by atoms with E-state index in [9.17, 15) is 16.8 Å². The molecule has 1 aliphatic heterocycles. The minimum absolute atomic E-state index is 0.217. The monoisotopic (exact) mass is 527 g/mol. The molecule has 3 aromatic rings. The summed E-state index contributed by atoms with van der Waals surface area (Å²) < 4.78 is 53.7. The molecule has 0 N–H and O–H groups in total. The molecule has 4 rings (SSSR count). The van der Waals surface area contributed by atoms with E-state index in [-0.39, 0.29) is 15.5 Å². The lowest BCUT2D eigenvalue weighted by molar-refractivity contribution is 0.394. The van der Waals surface area contributed by atoms with E-state index in [1.165, 1.54) is 4.31 Å². The number of hydrogen-bond acceptors (Lipinski definition) is 7. The van der Waals surface area contributed by atoms with Crippen molar-refractivity contribution in [3.63, 3.8) is 0 Å². The normalized spacial score (nSPS) is 18.0. The summed E-state index contributed by atoms with van der Waals surface area (Å²) in [4.78, 5) is 0.441. The highest BCUT2D eigenvalue weighted by Gasteiger charge is 2.38. The van der Waals surface area contributed by atoms with Crippen molar-refractivity contribution in [2.45, 2.75) is 34.4 Å². The van der Waals surface area contributed by atoms with Gasteiger partial charge in [-0.05, 0) is 49.2 Å². The Labute approximate surface area is 187 Å². The lowest BCUT2D eigenvalue weighted by Crippen LogP contribution is -2.30. The van der Waals surface area contributed by atoms with E-state index in [1.54, 1.807) is 54.6 Å². The van der Waals surface area contributed by atoms with Gasteiger partial charge in [-0.2, -0.15) is 4.31 Å². The molecule has 0 spiro atoms. The van der Waals surface area contributed by atoms with Gasteiger partial charge in [-0.3, -0.25) is 0 Å². The maximum absolute atomic E-state index is 13.1. The summed E-state index contributed by atoms with van der Waals surface area (Å²) >= 11 is 4.47. The van der Waals surface area contributed by atoms with Crippen LogP contribution in [0.15, 0.2) is 68.9 Å². The van der Waals surface area contributed by atoms with Gasteiger partial charge in [0, 0.05) is 11.0 Å². The van der Waals surface area contributed by atoms with Gasteiger partial charge in [0.05, 0.1) is 15.8 Å². The molecule has 30 heavy (non-hydrogen) atoms. The quantitative estimate of drug-likeness (QED) is 0.483. The molecule has 1 saturated heterocycles. The standard InChI is InChI=1S/C19H18BrN3O4S3/c20-14-8-10-16(11-9-14)30(26,27)23-12-4-7-17(23)19-22-21-18(28-19)13-29(24,25)15-5-2-1-3-6-15/h1-3,5-6,8-11,17H,4,7,12-13H2. The molecule has 1 aliphatic rings. The molecule has 0 amide bonds. The number of halogens is 1. The van der Waals surface area contributed by atoms with E-state index in [0.29, 0.717) is 29.4 Å². The van der Waals surface area contributed by atoms with Crippen LogP contribution < -0.4 is 0 Å². The van der Waals surface area contributed by atoms with Gasteiger partial charge in [0.2, 0.25) is 10.0 Å². The Kier molecular flexibility index (Phi) is 6.08. The Hall–Kier alpha value is -1.66. The van der Waals surface area contributed by atoms with Crippen molar-refractivity contribution < 1.29 is 16.8 Å². The van der Waals surface area contributed by atoms with Gasteiger partial charge in [0.25, 0.3) is 0 Å². The minimum atomic E-state index is -3.69. The number of sulfonamides is 1. The Morgan fingerprint density at radius 3 is 2.37 bits per heavy atom. The predicted molar refractivity (Wildman–Crippen MR) is 117 cm³/mol. The third kappa shape index (κ3) is 4.35. The molecule has 1 aromatic heterocycles. The number of benzene rings is 2. The van der Waals surface area contributed by atoms with Gasteiger partial charge < -0.3 is 0 Å². The van der Waals surface area contributed by atoms with Crippen molar-refractivity contribution in [1.82, 2.24) is 14.5 Å². The fraction of sp³-hybridized carbons (Fsp3) is 0.263. The van der Waals surface area contributed by atoms with Crippen molar-refractivity contribution in [3.8, 4) is 0 Å². The molecule has 2 aromatic carbocycles. The van der Waals surface area contributed by atoms with Gasteiger partial charge in [-0.25, -0.2) is 16.8 Å². The Balaban J connectivity index is 1.57. The third-order valence-electron chi connectivity index (χ3n) is 4.81. The Morgan fingerprint density at radius 1 is 0.967 bits per heavy atom. The zero-order valence-corrected chi connectivity index (χ0v) is 19.7. The van der Waals surface area contributed by atoms with Gasteiger partial charge in [0.1, 0.15) is 15.8 Å². The number of sulfone groups is 1. The second-order valence-corrected chi connectivity index (χ2v) is 12.7. The molecule has 0 radical (unpaired) electrons. The SMILES string of the molecule is O=S(=O)(Cc1nnc(C2CCCN2S(=O)(=O)c2ccc(Br)cc2)s1)c1ccccc1. The van der Waals surface area contributed by atoms with Crippen LogP contribution in [0.1, 0.15) is 28.9 Å². The molecule has 1 unspecified atom stereocenters. The zero-order valence-electron chi connectivity index (χ0n) is 15.7. The highest BCUT2D eigenvalue weighted by Crippen LogP contribution is 2.38. The van der Waals surface area contributed by atoms with Crippen LogP contribution in [0.5, 0.6) is 0 Å². The van der Waals surface area contributed by atoms with Crippen LogP contribution in [0.25, 0.3) is 0 Å². The van der Waals surface area contributed by atoms with Crippen molar-refractivity contribution in [3.05, 3.63) is 69.1 Å². The molecule has 0 bridgehead atoms. The summed E-state index contributed by atoms with van der Waals surface area (Å²) in [5.41, 5.74) is 0. The summed E-state index contributed by atoms with van der Waals surface area (Å²) in [6.07, 6.45) is 1.33. The third-order valence-corrected chi connectivity index (χ3v) is 10.1. The molecule has 7 nitrogen and oxygen atoms in total. The van der Waals surface area contributed by atoms with Crippen LogP contribution in [-0.2, 0) is 25.6 Å². The van der Waals surface area contributed by atoms with E-state index < -0.39 is 25.9 Å². The number of rotatable bonds is 6. The first-order chi connectivity index (χ1) is 14.3. The fourth-order valence-corrected chi connectivity index (χ4v) is 7.95. The predicted octanol–water partition coefficient (Wildman–Crippen LogP) is 3.80. The van der Waals surface area contributed by atoms with Crippen LogP contribution in [0, 0.1) is 0 Å². The summed E-state index contributed by atoms with van der Waals surface area (Å²) in [6, 6.07) is 14.2. The van der Waals surface area contributed by atoms with Crippen LogP contribution in [0.2, 0.25) is 0 Å². The molecular weight excluding hydrogens is 510 g/mol. The first-order valence-electron chi connectivity index (χ1n) is 9.15. The van der Waals surface area contributed by atoms with E-state index in [4.69, 9.17) is 0 Å². The van der Waals surface area contributed by atoms with E-state index >= 15 is 0 Å². The highest BCUT2D eigenvalue weighted by atomic mass is 79.9. The number of hydrogen-bond donors (Lipinski definition) is 0. The maximum atomic E-state index is 13.1. The lowest BCUT2D eigenvalue weighted by atomic mass is 10.2. The largest absolute Gasteiger partial charge is 0.243 e. The Morgan fingerprint density at radius 2 is 1.67 bits per heavy atom. The molecule has 0 aliphatic carbocycles. The van der Waals surface area contributed by atoms with Crippen LogP contribution in [0.4, 0.5) is 0 Å². The topological polar surface area (TPSA) is 97.3 Å². The molecular formula is C19H18BrN3O4S3. The first-order valence-corrected chi connectivity index (χ1v) is 13.8. The van der Waals surface area contributed by atoms with Crippen molar-refractivity contribution in [1.29, 1.82) is 0 Å². The van der Waals surface area contributed by atoms with Crippen molar-refractivity contribution in [2.75, 3.05) is 6.54 Å². The van der Waals surface area contributed by atoms with E-state index in [0.717, 1.165) is 15.8 Å². The van der Waals surface area contributed by atoms with Gasteiger partial charge >= 0.3 is 0 Å². The van der Waals surface area contributed by atoms with Crippen LogP contribution in [0.3, 0.4) is 0 Å². The van der Waals surface area contributed by atoms with E-state index in [2.05, 4.69) is 26.1 Å². The lowest BCUT2D eigenvalue weighted by Gasteiger charge is -2.22. The second kappa shape index (κ2) is 8.46. The molecule has 1 fully saturated rings. The van der Waals surface area contributed by atoms with Crippen molar-refractivity contribution >= 4 is 47.1 Å². The summed E-state index contributed by atoms with van der Waals surface area (Å²) in [6.45, 7) is 0.389. The van der Waals surface area contributed by atoms with Crippen LogP contribution >= 0.6 is 27.3 Å². The molecule has 158 valence electrons. The fourth-order valence-electron chi connectivity index (χ4n) is 3.35. The van der Waals surface area contributed by atoms with Gasteiger partial charge in [-0.1, -0.05) is 45.5 Å². The second-order valence-electron chi connectivity index (χ2n) is 6.83. The van der Waals surface area contributed by atoms with Crippen LogP contribution in [-0.4, -0.2) is 37.9 Å². The van der Waals surface area contributed by atoms with Gasteiger partial charge in [0.15, 0.2) is 9.84 Å². The zero-order chi connectivity index (χ0) is 21.4. The highest BCUT2D eigenvalue weighted by molar-refractivity contribution is 9.10. The summed E-state index contributed by atoms with van der Waals surface area (Å²) in [5, 5.41) is 9.04. The molecule has 11 heteroatoms. The molecule has 2 heterocycles. The first kappa shape index (κ1) is 21.6. The summed E-state index contributed by atoms with van der Waals surface area (Å²) in [7, 11) is -7.23. The molecule has 0 saturated carbocycles. The van der Waals surface area contributed by atoms with E-state index in [1.807, 2.05) is 0 Å². The summed E-state index contributed by atoms with van der Waals surface area (Å²) in [5.74, 6) is -0.263. The van der Waals surface area contributed by atoms with Gasteiger partial charge in [-0.15, -0.1) is 10.2 Å². The van der Waals surface area contributed by atoms with Crippen molar-refractivity contribution in [2.24, 2.45) is 0 Å². The maximum Gasteiger partial charge on any atom is 0.243 e. The average molecular weight is 528 g/mol. The average Bonchev–Trinajstić information content (AvgIpc) is 3.38. The Bertz CT molecular complexity index is 1240. The number of nitrogens with zero attached hydrogens (tertiary/aromatic N) is 3. The smallest absolute Gasteiger partial charge is 0.223 e. The minimum Gasteiger partial charge on any atom is -0.223 e. The molecule has 1 atom stereocenters. The number of aromatic nitrogens is 2.